The van der Waals surface area contributed by atoms with Crippen LogP contribution in [0, 0.1) is 10.1 Å². The van der Waals surface area contributed by atoms with Gasteiger partial charge in [0.1, 0.15) is 12.2 Å². The standard InChI is InChI=1S/C18H17NO6/c1-11(2)13-5-3-12(4-6-13)9-23-18(20)14-7-16-17(25-10-24-16)8-15(14)19(21)22/h3-8,11H,9-10H2,1-2H3. The Morgan fingerprint density at radius 3 is 2.44 bits per heavy atom. The molecule has 2 aromatic rings. The van der Waals surface area contributed by atoms with E-state index in [1.165, 1.54) is 17.7 Å². The highest BCUT2D eigenvalue weighted by Gasteiger charge is 2.28. The molecule has 25 heavy (non-hydrogen) atoms. The first-order chi connectivity index (χ1) is 12.0. The van der Waals surface area contributed by atoms with E-state index in [0.29, 0.717) is 11.7 Å². The number of ether oxygens (including phenoxy) is 3. The Morgan fingerprint density at radius 1 is 1.20 bits per heavy atom. The van der Waals surface area contributed by atoms with Gasteiger partial charge in [-0.1, -0.05) is 38.1 Å². The van der Waals surface area contributed by atoms with Gasteiger partial charge in [0, 0.05) is 6.07 Å². The van der Waals surface area contributed by atoms with E-state index in [9.17, 15) is 14.9 Å². The normalized spacial score (nSPS) is 12.3. The van der Waals surface area contributed by atoms with Crippen LogP contribution in [0.15, 0.2) is 36.4 Å². The van der Waals surface area contributed by atoms with Crippen molar-refractivity contribution >= 4 is 11.7 Å². The molecule has 0 radical (unpaired) electrons. The van der Waals surface area contributed by atoms with Gasteiger partial charge in [0.15, 0.2) is 11.5 Å². The summed E-state index contributed by atoms with van der Waals surface area (Å²) in [4.78, 5) is 22.9. The van der Waals surface area contributed by atoms with Gasteiger partial charge in [-0.3, -0.25) is 10.1 Å². The second-order valence-electron chi connectivity index (χ2n) is 5.95. The molecule has 0 saturated heterocycles. The van der Waals surface area contributed by atoms with Crippen molar-refractivity contribution < 1.29 is 23.9 Å². The molecule has 3 rings (SSSR count). The summed E-state index contributed by atoms with van der Waals surface area (Å²) in [6, 6.07) is 10.1. The van der Waals surface area contributed by atoms with Gasteiger partial charge in [0.25, 0.3) is 5.69 Å². The molecular weight excluding hydrogens is 326 g/mol. The van der Waals surface area contributed by atoms with E-state index in [1.54, 1.807) is 0 Å². The van der Waals surface area contributed by atoms with Crippen LogP contribution in [0.2, 0.25) is 0 Å². The Kier molecular flexibility index (Phi) is 4.56. The molecule has 0 amide bonds. The van der Waals surface area contributed by atoms with Crippen LogP contribution in [0.1, 0.15) is 41.3 Å². The Morgan fingerprint density at radius 2 is 1.84 bits per heavy atom. The molecular formula is C18H17NO6. The van der Waals surface area contributed by atoms with Crippen molar-refractivity contribution in [2.45, 2.75) is 26.4 Å². The average Bonchev–Trinajstić information content (AvgIpc) is 3.06. The lowest BCUT2D eigenvalue weighted by Gasteiger charge is -2.08. The number of benzene rings is 2. The number of nitrogens with zero attached hydrogens (tertiary/aromatic N) is 1. The predicted molar refractivity (Wildman–Crippen MR) is 88.9 cm³/mol. The smallest absolute Gasteiger partial charge is 0.345 e. The third-order valence-electron chi connectivity index (χ3n) is 3.92. The van der Waals surface area contributed by atoms with E-state index >= 15 is 0 Å². The number of nitro groups is 1. The number of rotatable bonds is 5. The maximum Gasteiger partial charge on any atom is 0.345 e. The summed E-state index contributed by atoms with van der Waals surface area (Å²) in [6.07, 6.45) is 0. The Bertz CT molecular complexity index is 813. The second kappa shape index (κ2) is 6.80. The van der Waals surface area contributed by atoms with Crippen molar-refractivity contribution in [1.29, 1.82) is 0 Å². The van der Waals surface area contributed by atoms with Gasteiger partial charge in [-0.05, 0) is 17.0 Å². The maximum atomic E-state index is 12.3. The van der Waals surface area contributed by atoms with Crippen molar-refractivity contribution in [3.05, 3.63) is 63.2 Å². The molecule has 0 saturated carbocycles. The first kappa shape index (κ1) is 16.8. The van der Waals surface area contributed by atoms with Crippen molar-refractivity contribution in [3.63, 3.8) is 0 Å². The second-order valence-corrected chi connectivity index (χ2v) is 5.95. The molecule has 1 aliphatic rings. The molecule has 0 spiro atoms. The molecule has 0 aliphatic carbocycles. The van der Waals surface area contributed by atoms with Crippen molar-refractivity contribution in [3.8, 4) is 11.5 Å². The summed E-state index contributed by atoms with van der Waals surface area (Å²) in [7, 11) is 0. The monoisotopic (exact) mass is 343 g/mol. The minimum absolute atomic E-state index is 0.0306. The largest absolute Gasteiger partial charge is 0.457 e. The summed E-state index contributed by atoms with van der Waals surface area (Å²) >= 11 is 0. The lowest BCUT2D eigenvalue weighted by molar-refractivity contribution is -0.385. The van der Waals surface area contributed by atoms with Crippen LogP contribution < -0.4 is 9.47 Å². The summed E-state index contributed by atoms with van der Waals surface area (Å²) in [5.41, 5.74) is 1.46. The van der Waals surface area contributed by atoms with Crippen molar-refractivity contribution in [2.75, 3.05) is 6.79 Å². The fourth-order valence-corrected chi connectivity index (χ4v) is 2.47. The molecule has 7 nitrogen and oxygen atoms in total. The van der Waals surface area contributed by atoms with Crippen LogP contribution in [0.5, 0.6) is 11.5 Å². The highest BCUT2D eigenvalue weighted by Crippen LogP contribution is 2.38. The zero-order chi connectivity index (χ0) is 18.0. The number of hydrogen-bond donors (Lipinski definition) is 0. The zero-order valence-corrected chi connectivity index (χ0v) is 13.9. The van der Waals surface area contributed by atoms with Crippen LogP contribution in [0.3, 0.4) is 0 Å². The Labute approximate surface area is 144 Å². The number of carbonyl (C=O) groups excluding carboxylic acids is 1. The third kappa shape index (κ3) is 3.55. The number of carbonyl (C=O) groups is 1. The molecule has 2 aromatic carbocycles. The van der Waals surface area contributed by atoms with Gasteiger partial charge >= 0.3 is 5.97 Å². The van der Waals surface area contributed by atoms with Crippen LogP contribution in [0.4, 0.5) is 5.69 Å². The molecule has 0 fully saturated rings. The van der Waals surface area contributed by atoms with Gasteiger partial charge in [0.05, 0.1) is 11.0 Å². The number of hydrogen-bond acceptors (Lipinski definition) is 6. The number of nitro benzene ring substituents is 1. The molecule has 0 N–H and O–H groups in total. The van der Waals surface area contributed by atoms with E-state index in [4.69, 9.17) is 14.2 Å². The van der Waals surface area contributed by atoms with Gasteiger partial charge in [-0.25, -0.2) is 4.79 Å². The third-order valence-corrected chi connectivity index (χ3v) is 3.92. The number of esters is 1. The lowest BCUT2D eigenvalue weighted by Crippen LogP contribution is -2.08. The van der Waals surface area contributed by atoms with E-state index in [0.717, 1.165) is 5.56 Å². The summed E-state index contributed by atoms with van der Waals surface area (Å²) in [5, 5.41) is 11.2. The molecule has 1 aliphatic heterocycles. The molecule has 1 heterocycles. The fraction of sp³-hybridized carbons (Fsp3) is 0.278. The highest BCUT2D eigenvalue weighted by atomic mass is 16.7. The van der Waals surface area contributed by atoms with E-state index in [-0.39, 0.29) is 30.4 Å². The molecule has 130 valence electrons. The SMILES string of the molecule is CC(C)c1ccc(COC(=O)c2cc3c(cc2[N+](=O)[O-])OCO3)cc1. The van der Waals surface area contributed by atoms with Gasteiger partial charge < -0.3 is 14.2 Å². The lowest BCUT2D eigenvalue weighted by atomic mass is 10.0. The first-order valence-corrected chi connectivity index (χ1v) is 7.79. The van der Waals surface area contributed by atoms with E-state index in [1.807, 2.05) is 24.3 Å². The topological polar surface area (TPSA) is 87.9 Å². The van der Waals surface area contributed by atoms with Gasteiger partial charge in [0.2, 0.25) is 6.79 Å². The van der Waals surface area contributed by atoms with E-state index in [2.05, 4.69) is 13.8 Å². The Balaban J connectivity index is 1.76. The minimum Gasteiger partial charge on any atom is -0.457 e. The molecule has 0 aromatic heterocycles. The van der Waals surface area contributed by atoms with Gasteiger partial charge in [-0.2, -0.15) is 0 Å². The van der Waals surface area contributed by atoms with Crippen LogP contribution in [-0.2, 0) is 11.3 Å². The zero-order valence-electron chi connectivity index (χ0n) is 13.9. The molecule has 7 heteroatoms. The molecule has 0 unspecified atom stereocenters. The maximum absolute atomic E-state index is 12.3. The minimum atomic E-state index is -0.780. The first-order valence-electron chi connectivity index (χ1n) is 7.79. The van der Waals surface area contributed by atoms with Crippen LogP contribution in [-0.4, -0.2) is 17.7 Å². The fourth-order valence-electron chi connectivity index (χ4n) is 2.47. The molecule has 0 atom stereocenters. The van der Waals surface area contributed by atoms with Crippen LogP contribution >= 0.6 is 0 Å². The predicted octanol–water partition coefficient (Wildman–Crippen LogP) is 3.80. The summed E-state index contributed by atoms with van der Waals surface area (Å²) in [5.74, 6) is 0.164. The summed E-state index contributed by atoms with van der Waals surface area (Å²) in [6.45, 7) is 4.18. The quantitative estimate of drug-likeness (QED) is 0.466. The molecule has 0 bridgehead atoms. The van der Waals surface area contributed by atoms with Crippen molar-refractivity contribution in [2.24, 2.45) is 0 Å². The van der Waals surface area contributed by atoms with Crippen molar-refractivity contribution in [1.82, 2.24) is 0 Å². The Hall–Kier alpha value is -3.09. The summed E-state index contributed by atoms with van der Waals surface area (Å²) < 4.78 is 15.5. The number of fused-ring (bicyclic) bond motifs is 1. The van der Waals surface area contributed by atoms with E-state index < -0.39 is 10.9 Å². The van der Waals surface area contributed by atoms with Gasteiger partial charge in [-0.15, -0.1) is 0 Å². The highest BCUT2D eigenvalue weighted by molar-refractivity contribution is 5.95. The average molecular weight is 343 g/mol. The van der Waals surface area contributed by atoms with Crippen LogP contribution in [0.25, 0.3) is 0 Å².